The van der Waals surface area contributed by atoms with Gasteiger partial charge in [-0.15, -0.1) is 0 Å². The van der Waals surface area contributed by atoms with E-state index < -0.39 is 0 Å². The Bertz CT molecular complexity index is 845. The number of phenols is 2. The first-order valence-electron chi connectivity index (χ1n) is 9.18. The van der Waals surface area contributed by atoms with Crippen LogP contribution in [0.25, 0.3) is 10.9 Å². The molecule has 2 aromatic rings. The van der Waals surface area contributed by atoms with E-state index in [1.54, 1.807) is 12.1 Å². The van der Waals surface area contributed by atoms with Gasteiger partial charge in [-0.05, 0) is 57.7 Å². The molecule has 1 fully saturated rings. The third-order valence-electron chi connectivity index (χ3n) is 5.48. The highest BCUT2D eigenvalue weighted by molar-refractivity contribution is 5.95. The van der Waals surface area contributed by atoms with Crippen LogP contribution >= 0.6 is 0 Å². The Hall–Kier alpha value is -2.14. The first-order valence-corrected chi connectivity index (χ1v) is 9.18. The molecular weight excluding hydrogens is 314 g/mol. The third-order valence-corrected chi connectivity index (χ3v) is 5.48. The van der Waals surface area contributed by atoms with E-state index >= 15 is 0 Å². The highest BCUT2D eigenvalue weighted by Gasteiger charge is 2.24. The number of aliphatic imine (C=N–C) groups is 1. The molecule has 1 aromatic carbocycles. The van der Waals surface area contributed by atoms with Gasteiger partial charge in [0.05, 0.1) is 11.2 Å². The number of aromatic hydroxyl groups is 2. The molecule has 132 valence electrons. The van der Waals surface area contributed by atoms with Gasteiger partial charge in [-0.2, -0.15) is 0 Å². The van der Waals surface area contributed by atoms with Gasteiger partial charge in [0.25, 0.3) is 0 Å². The van der Waals surface area contributed by atoms with Gasteiger partial charge in [0, 0.05) is 41.9 Å². The normalized spacial score (nSPS) is 21.0. The second kappa shape index (κ2) is 6.30. The van der Waals surface area contributed by atoms with Crippen LogP contribution in [0.15, 0.2) is 17.1 Å². The zero-order valence-corrected chi connectivity index (χ0v) is 14.9. The lowest BCUT2D eigenvalue weighted by molar-refractivity contribution is 0.272. The fourth-order valence-corrected chi connectivity index (χ4v) is 4.00. The smallest absolute Gasteiger partial charge is 0.159 e. The lowest BCUT2D eigenvalue weighted by Gasteiger charge is -2.19. The SMILES string of the molecule is CC(C)N1CCC(C=Nc2c3c(nc4cc(O)c(O)cc24)CCC3)C1. The molecule has 1 aliphatic heterocycles. The first-order chi connectivity index (χ1) is 12.0. The van der Waals surface area contributed by atoms with Crippen molar-refractivity contribution in [2.75, 3.05) is 13.1 Å². The van der Waals surface area contributed by atoms with Crippen LogP contribution in [-0.2, 0) is 12.8 Å². The summed E-state index contributed by atoms with van der Waals surface area (Å²) < 4.78 is 0. The van der Waals surface area contributed by atoms with Crippen molar-refractivity contribution in [1.82, 2.24) is 9.88 Å². The molecule has 0 spiro atoms. The summed E-state index contributed by atoms with van der Waals surface area (Å²) in [6, 6.07) is 3.71. The maximum absolute atomic E-state index is 9.93. The van der Waals surface area contributed by atoms with Crippen molar-refractivity contribution in [1.29, 1.82) is 0 Å². The molecule has 1 aliphatic carbocycles. The number of hydrogen-bond donors (Lipinski definition) is 2. The number of fused-ring (bicyclic) bond motifs is 2. The summed E-state index contributed by atoms with van der Waals surface area (Å²) >= 11 is 0. The number of rotatable bonds is 3. The van der Waals surface area contributed by atoms with Crippen molar-refractivity contribution >= 4 is 22.8 Å². The van der Waals surface area contributed by atoms with Gasteiger partial charge in [-0.25, -0.2) is 0 Å². The number of hydrogen-bond acceptors (Lipinski definition) is 5. The van der Waals surface area contributed by atoms with Crippen LogP contribution in [0.4, 0.5) is 5.69 Å². The van der Waals surface area contributed by atoms with Crippen LogP contribution in [0.2, 0.25) is 0 Å². The van der Waals surface area contributed by atoms with E-state index in [9.17, 15) is 10.2 Å². The summed E-state index contributed by atoms with van der Waals surface area (Å²) in [6.07, 6.45) is 6.25. The van der Waals surface area contributed by atoms with Crippen LogP contribution in [0, 0.1) is 5.92 Å². The number of benzene rings is 1. The molecule has 0 bridgehead atoms. The van der Waals surface area contributed by atoms with E-state index in [-0.39, 0.29) is 11.5 Å². The molecule has 2 aliphatic rings. The van der Waals surface area contributed by atoms with Gasteiger partial charge < -0.3 is 15.1 Å². The van der Waals surface area contributed by atoms with E-state index in [1.807, 2.05) is 0 Å². The molecule has 0 saturated carbocycles. The molecule has 25 heavy (non-hydrogen) atoms. The minimum atomic E-state index is -0.128. The number of nitrogens with zero attached hydrogens (tertiary/aromatic N) is 3. The van der Waals surface area contributed by atoms with Gasteiger partial charge >= 0.3 is 0 Å². The molecule has 4 rings (SSSR count). The fourth-order valence-electron chi connectivity index (χ4n) is 4.00. The Kier molecular flexibility index (Phi) is 4.12. The van der Waals surface area contributed by atoms with Gasteiger partial charge in [0.15, 0.2) is 11.5 Å². The standard InChI is InChI=1S/C20H25N3O2/c1-12(2)23-7-6-13(11-23)10-21-20-14-4-3-5-16(14)22-17-9-19(25)18(24)8-15(17)20/h8-10,12-13,24-25H,3-7,11H2,1-2H3. The maximum Gasteiger partial charge on any atom is 0.159 e. The predicted molar refractivity (Wildman–Crippen MR) is 100 cm³/mol. The Morgan fingerprint density at radius 2 is 2.04 bits per heavy atom. The fraction of sp³-hybridized carbons (Fsp3) is 0.500. The summed E-state index contributed by atoms with van der Waals surface area (Å²) in [6.45, 7) is 6.65. The first kappa shape index (κ1) is 16.3. The third kappa shape index (κ3) is 2.97. The number of aromatic nitrogens is 1. The molecule has 0 amide bonds. The Morgan fingerprint density at radius 3 is 2.80 bits per heavy atom. The molecular formula is C20H25N3O2. The molecule has 1 atom stereocenters. The van der Waals surface area contributed by atoms with Gasteiger partial charge in [0.1, 0.15) is 0 Å². The second-order valence-electron chi connectivity index (χ2n) is 7.51. The summed E-state index contributed by atoms with van der Waals surface area (Å²) in [4.78, 5) is 12.0. The molecule has 5 nitrogen and oxygen atoms in total. The minimum Gasteiger partial charge on any atom is -0.504 e. The number of likely N-dealkylation sites (tertiary alicyclic amines) is 1. The monoisotopic (exact) mass is 339 g/mol. The van der Waals surface area contributed by atoms with Crippen LogP contribution in [0.1, 0.15) is 37.9 Å². The molecule has 1 unspecified atom stereocenters. The number of aryl methyl sites for hydroxylation is 1. The van der Waals surface area contributed by atoms with Crippen LogP contribution < -0.4 is 0 Å². The van der Waals surface area contributed by atoms with E-state index in [0.29, 0.717) is 17.5 Å². The Labute approximate surface area is 148 Å². The Balaban J connectivity index is 1.73. The van der Waals surface area contributed by atoms with Crippen molar-refractivity contribution in [3.63, 3.8) is 0 Å². The molecule has 1 saturated heterocycles. The quantitative estimate of drug-likeness (QED) is 0.662. The number of phenolic OH excluding ortho intramolecular Hbond substituents is 2. The van der Waals surface area contributed by atoms with Crippen molar-refractivity contribution in [2.45, 2.75) is 45.6 Å². The van der Waals surface area contributed by atoms with Crippen molar-refractivity contribution in [3.05, 3.63) is 23.4 Å². The average molecular weight is 339 g/mol. The van der Waals surface area contributed by atoms with E-state index in [0.717, 1.165) is 55.5 Å². The predicted octanol–water partition coefficient (Wildman–Crippen LogP) is 3.57. The van der Waals surface area contributed by atoms with Crippen LogP contribution in [0.3, 0.4) is 0 Å². The van der Waals surface area contributed by atoms with Crippen molar-refractivity contribution < 1.29 is 10.2 Å². The molecule has 5 heteroatoms. The lowest BCUT2D eigenvalue weighted by atomic mass is 10.1. The zero-order valence-electron chi connectivity index (χ0n) is 14.9. The average Bonchev–Trinajstić information content (AvgIpc) is 3.22. The topological polar surface area (TPSA) is 69.0 Å². The number of pyridine rings is 1. The van der Waals surface area contributed by atoms with Crippen molar-refractivity contribution in [3.8, 4) is 11.5 Å². The van der Waals surface area contributed by atoms with Crippen molar-refractivity contribution in [2.24, 2.45) is 10.9 Å². The highest BCUT2D eigenvalue weighted by Crippen LogP contribution is 2.40. The van der Waals surface area contributed by atoms with E-state index in [2.05, 4.69) is 29.9 Å². The molecule has 0 radical (unpaired) electrons. The van der Waals surface area contributed by atoms with E-state index in [1.165, 1.54) is 5.56 Å². The molecule has 1 aromatic heterocycles. The molecule has 2 N–H and O–H groups in total. The van der Waals surface area contributed by atoms with Gasteiger partial charge in [-0.1, -0.05) is 0 Å². The van der Waals surface area contributed by atoms with E-state index in [4.69, 9.17) is 4.99 Å². The van der Waals surface area contributed by atoms with Gasteiger partial charge in [0.2, 0.25) is 0 Å². The summed E-state index contributed by atoms with van der Waals surface area (Å²) in [7, 11) is 0. The highest BCUT2D eigenvalue weighted by atomic mass is 16.3. The van der Waals surface area contributed by atoms with Crippen LogP contribution in [-0.4, -0.2) is 45.4 Å². The van der Waals surface area contributed by atoms with Gasteiger partial charge in [-0.3, -0.25) is 9.98 Å². The largest absolute Gasteiger partial charge is 0.504 e. The summed E-state index contributed by atoms with van der Waals surface area (Å²) in [5.41, 5.74) is 3.92. The van der Waals surface area contributed by atoms with Crippen LogP contribution in [0.5, 0.6) is 11.5 Å². The molecule has 2 heterocycles. The maximum atomic E-state index is 9.93. The summed E-state index contributed by atoms with van der Waals surface area (Å²) in [5.74, 6) is 0.222. The Morgan fingerprint density at radius 1 is 1.24 bits per heavy atom. The zero-order chi connectivity index (χ0) is 17.6. The second-order valence-corrected chi connectivity index (χ2v) is 7.51. The summed E-state index contributed by atoms with van der Waals surface area (Å²) in [5, 5.41) is 20.6. The minimum absolute atomic E-state index is 0.115. The lowest BCUT2D eigenvalue weighted by Crippen LogP contribution is -2.28.